The topological polar surface area (TPSA) is 92.5 Å². The Labute approximate surface area is 110 Å². The Morgan fingerprint density at radius 3 is 2.84 bits per heavy atom. The molecule has 1 aliphatic carbocycles. The standard InChI is InChI=1S/C13H16N2O4/c1-8-10(3-2-4-11(8)15(18)19)13(17)14-7-12(16)9-5-6-9/h2-4,9,12,16H,5-7H2,1H3,(H,14,17). The molecule has 0 saturated heterocycles. The van der Waals surface area contributed by atoms with Crippen molar-refractivity contribution in [3.63, 3.8) is 0 Å². The number of aliphatic hydroxyl groups excluding tert-OH is 1. The molecule has 0 radical (unpaired) electrons. The highest BCUT2D eigenvalue weighted by Gasteiger charge is 2.30. The lowest BCUT2D eigenvalue weighted by Gasteiger charge is -2.11. The van der Waals surface area contributed by atoms with Crippen molar-refractivity contribution < 1.29 is 14.8 Å². The molecule has 1 amide bonds. The molecule has 19 heavy (non-hydrogen) atoms. The monoisotopic (exact) mass is 264 g/mol. The number of amides is 1. The highest BCUT2D eigenvalue weighted by Crippen LogP contribution is 2.32. The van der Waals surface area contributed by atoms with E-state index in [2.05, 4.69) is 5.32 Å². The van der Waals surface area contributed by atoms with E-state index in [1.807, 2.05) is 0 Å². The first-order valence-electron chi connectivity index (χ1n) is 6.21. The van der Waals surface area contributed by atoms with Crippen LogP contribution in [0, 0.1) is 23.0 Å². The normalized spacial score (nSPS) is 15.9. The summed E-state index contributed by atoms with van der Waals surface area (Å²) in [5.74, 6) is -0.104. The first kappa shape index (κ1) is 13.5. The second-order valence-corrected chi connectivity index (χ2v) is 4.82. The van der Waals surface area contributed by atoms with Gasteiger partial charge in [-0.25, -0.2) is 0 Å². The Bertz CT molecular complexity index is 511. The van der Waals surface area contributed by atoms with Crippen molar-refractivity contribution in [3.05, 3.63) is 39.4 Å². The Morgan fingerprint density at radius 1 is 1.58 bits per heavy atom. The average Bonchev–Trinajstić information content (AvgIpc) is 3.19. The van der Waals surface area contributed by atoms with Crippen LogP contribution >= 0.6 is 0 Å². The summed E-state index contributed by atoms with van der Waals surface area (Å²) < 4.78 is 0. The third-order valence-electron chi connectivity index (χ3n) is 3.38. The summed E-state index contributed by atoms with van der Waals surface area (Å²) in [7, 11) is 0. The maximum Gasteiger partial charge on any atom is 0.273 e. The van der Waals surface area contributed by atoms with E-state index < -0.39 is 11.0 Å². The van der Waals surface area contributed by atoms with Crippen molar-refractivity contribution in [2.45, 2.75) is 25.9 Å². The van der Waals surface area contributed by atoms with Gasteiger partial charge >= 0.3 is 0 Å². The number of nitrogens with zero attached hydrogens (tertiary/aromatic N) is 1. The summed E-state index contributed by atoms with van der Waals surface area (Å²) in [5.41, 5.74) is 0.540. The molecular formula is C13H16N2O4. The van der Waals surface area contributed by atoms with Crippen molar-refractivity contribution in [1.29, 1.82) is 0 Å². The predicted molar refractivity (Wildman–Crippen MR) is 68.9 cm³/mol. The SMILES string of the molecule is Cc1c(C(=O)NCC(O)C2CC2)cccc1[N+](=O)[O-]. The lowest BCUT2D eigenvalue weighted by molar-refractivity contribution is -0.385. The van der Waals surface area contributed by atoms with Crippen LogP contribution in [-0.4, -0.2) is 28.6 Å². The van der Waals surface area contributed by atoms with Crippen LogP contribution in [0.5, 0.6) is 0 Å². The highest BCUT2D eigenvalue weighted by molar-refractivity contribution is 5.96. The van der Waals surface area contributed by atoms with E-state index in [1.165, 1.54) is 12.1 Å². The molecule has 1 aromatic carbocycles. The van der Waals surface area contributed by atoms with E-state index in [9.17, 15) is 20.0 Å². The van der Waals surface area contributed by atoms with Crippen molar-refractivity contribution in [2.75, 3.05) is 6.54 Å². The van der Waals surface area contributed by atoms with Gasteiger partial charge in [-0.05, 0) is 31.7 Å². The molecule has 0 heterocycles. The summed E-state index contributed by atoms with van der Waals surface area (Å²) in [6, 6.07) is 4.39. The molecule has 0 spiro atoms. The van der Waals surface area contributed by atoms with Gasteiger partial charge in [-0.15, -0.1) is 0 Å². The van der Waals surface area contributed by atoms with Gasteiger partial charge in [-0.3, -0.25) is 14.9 Å². The molecule has 2 N–H and O–H groups in total. The van der Waals surface area contributed by atoms with E-state index in [-0.39, 0.29) is 29.6 Å². The molecule has 2 rings (SSSR count). The first-order chi connectivity index (χ1) is 9.00. The van der Waals surface area contributed by atoms with Gasteiger partial charge in [0.1, 0.15) is 0 Å². The molecule has 1 aliphatic rings. The summed E-state index contributed by atoms with van der Waals surface area (Å²) in [5, 5.41) is 23.1. The molecule has 1 atom stereocenters. The molecule has 0 aliphatic heterocycles. The summed E-state index contributed by atoms with van der Waals surface area (Å²) in [4.78, 5) is 22.2. The number of benzene rings is 1. The molecule has 102 valence electrons. The van der Waals surface area contributed by atoms with Crippen LogP contribution in [0.15, 0.2) is 18.2 Å². The number of carbonyl (C=O) groups excluding carboxylic acids is 1. The van der Waals surface area contributed by atoms with Crippen molar-refractivity contribution >= 4 is 11.6 Å². The smallest absolute Gasteiger partial charge is 0.273 e. The maximum atomic E-state index is 11.9. The molecule has 0 aromatic heterocycles. The van der Waals surface area contributed by atoms with Crippen molar-refractivity contribution in [2.24, 2.45) is 5.92 Å². The fourth-order valence-electron chi connectivity index (χ4n) is 2.01. The number of nitro groups is 1. The van der Waals surface area contributed by atoms with Gasteiger partial charge in [0.25, 0.3) is 11.6 Å². The van der Waals surface area contributed by atoms with Crippen LogP contribution < -0.4 is 5.32 Å². The number of carbonyl (C=O) groups is 1. The number of hydrogen-bond donors (Lipinski definition) is 2. The summed E-state index contributed by atoms with van der Waals surface area (Å²) in [6.07, 6.45) is 1.46. The quantitative estimate of drug-likeness (QED) is 0.621. The third kappa shape index (κ3) is 3.08. The minimum absolute atomic E-state index is 0.0737. The Morgan fingerprint density at radius 2 is 2.26 bits per heavy atom. The van der Waals surface area contributed by atoms with E-state index in [0.717, 1.165) is 12.8 Å². The predicted octanol–water partition coefficient (Wildman–Crippen LogP) is 1.40. The van der Waals surface area contributed by atoms with Gasteiger partial charge in [0, 0.05) is 23.7 Å². The second-order valence-electron chi connectivity index (χ2n) is 4.82. The summed E-state index contributed by atoms with van der Waals surface area (Å²) in [6.45, 7) is 1.73. The van der Waals surface area contributed by atoms with Gasteiger partial charge in [0.05, 0.1) is 11.0 Å². The zero-order valence-electron chi connectivity index (χ0n) is 10.6. The van der Waals surface area contributed by atoms with E-state index in [0.29, 0.717) is 5.56 Å². The average molecular weight is 264 g/mol. The molecule has 1 saturated carbocycles. The Balaban J connectivity index is 2.06. The van der Waals surface area contributed by atoms with Gasteiger partial charge in [0.15, 0.2) is 0 Å². The molecular weight excluding hydrogens is 248 g/mol. The van der Waals surface area contributed by atoms with Crippen LogP contribution in [0.4, 0.5) is 5.69 Å². The van der Waals surface area contributed by atoms with E-state index >= 15 is 0 Å². The van der Waals surface area contributed by atoms with Crippen LogP contribution in [0.3, 0.4) is 0 Å². The van der Waals surface area contributed by atoms with E-state index in [1.54, 1.807) is 13.0 Å². The maximum absolute atomic E-state index is 11.9. The van der Waals surface area contributed by atoms with Gasteiger partial charge in [-0.2, -0.15) is 0 Å². The first-order valence-corrected chi connectivity index (χ1v) is 6.21. The Kier molecular flexibility index (Phi) is 3.80. The van der Waals surface area contributed by atoms with Gasteiger partial charge in [-0.1, -0.05) is 6.07 Å². The molecule has 6 heteroatoms. The number of rotatable bonds is 5. The van der Waals surface area contributed by atoms with Gasteiger partial charge < -0.3 is 10.4 Å². The molecule has 0 bridgehead atoms. The Hall–Kier alpha value is -1.95. The summed E-state index contributed by atoms with van der Waals surface area (Å²) >= 11 is 0. The van der Waals surface area contributed by atoms with Crippen LogP contribution in [0.2, 0.25) is 0 Å². The number of aliphatic hydroxyl groups is 1. The minimum Gasteiger partial charge on any atom is -0.391 e. The lowest BCUT2D eigenvalue weighted by Crippen LogP contribution is -2.33. The molecule has 1 fully saturated rings. The van der Waals surface area contributed by atoms with Crippen LogP contribution in [0.1, 0.15) is 28.8 Å². The zero-order chi connectivity index (χ0) is 14.0. The molecule has 1 unspecified atom stereocenters. The van der Waals surface area contributed by atoms with Crippen LogP contribution in [-0.2, 0) is 0 Å². The number of nitro benzene ring substituents is 1. The van der Waals surface area contributed by atoms with Crippen molar-refractivity contribution in [3.8, 4) is 0 Å². The molecule has 1 aromatic rings. The molecule has 6 nitrogen and oxygen atoms in total. The number of hydrogen-bond acceptors (Lipinski definition) is 4. The minimum atomic E-state index is -0.525. The number of nitrogens with one attached hydrogen (secondary N) is 1. The van der Waals surface area contributed by atoms with Crippen LogP contribution in [0.25, 0.3) is 0 Å². The largest absolute Gasteiger partial charge is 0.391 e. The second kappa shape index (κ2) is 5.36. The van der Waals surface area contributed by atoms with Crippen molar-refractivity contribution in [1.82, 2.24) is 5.32 Å². The fourth-order valence-corrected chi connectivity index (χ4v) is 2.01. The zero-order valence-corrected chi connectivity index (χ0v) is 10.6. The lowest BCUT2D eigenvalue weighted by atomic mass is 10.1. The third-order valence-corrected chi connectivity index (χ3v) is 3.38. The fraction of sp³-hybridized carbons (Fsp3) is 0.462. The van der Waals surface area contributed by atoms with Gasteiger partial charge in [0.2, 0.25) is 0 Å². The van der Waals surface area contributed by atoms with E-state index in [4.69, 9.17) is 0 Å². The highest BCUT2D eigenvalue weighted by atomic mass is 16.6.